The van der Waals surface area contributed by atoms with Crippen molar-refractivity contribution in [1.29, 1.82) is 0 Å². The van der Waals surface area contributed by atoms with Gasteiger partial charge in [0.1, 0.15) is 0 Å². The molecule has 2 aromatic rings. The van der Waals surface area contributed by atoms with Crippen molar-refractivity contribution in [3.05, 3.63) is 58.4 Å². The molecule has 0 aliphatic carbocycles. The third kappa shape index (κ3) is 2.93. The summed E-state index contributed by atoms with van der Waals surface area (Å²) in [5.74, 6) is 0. The molecule has 1 unspecified atom stereocenters. The van der Waals surface area contributed by atoms with E-state index in [1.807, 2.05) is 19.9 Å². The molecular weight excluding hydrogens is 222 g/mol. The lowest BCUT2D eigenvalue weighted by molar-refractivity contribution is 0.700. The molecule has 1 aromatic heterocycles. The van der Waals surface area contributed by atoms with Crippen molar-refractivity contribution >= 4 is 0 Å². The first kappa shape index (κ1) is 12.7. The number of hydrogen-bond acceptors (Lipinski definition) is 3. The molecule has 0 fully saturated rings. The largest absolute Gasteiger partial charge is 0.324 e. The van der Waals surface area contributed by atoms with E-state index in [9.17, 15) is 0 Å². The van der Waals surface area contributed by atoms with Crippen LogP contribution in [0.3, 0.4) is 0 Å². The molecule has 0 saturated carbocycles. The van der Waals surface area contributed by atoms with Gasteiger partial charge in [-0.1, -0.05) is 29.8 Å². The lowest BCUT2D eigenvalue weighted by atomic mass is 9.98. The van der Waals surface area contributed by atoms with E-state index >= 15 is 0 Å². The fourth-order valence-electron chi connectivity index (χ4n) is 2.15. The molecule has 1 atom stereocenters. The van der Waals surface area contributed by atoms with Gasteiger partial charge in [-0.25, -0.2) is 0 Å². The van der Waals surface area contributed by atoms with E-state index in [1.165, 1.54) is 11.1 Å². The van der Waals surface area contributed by atoms with Crippen LogP contribution in [-0.2, 0) is 6.42 Å². The molecular formula is C15H19N3. The Balaban J connectivity index is 2.21. The number of hydrogen-bond donors (Lipinski definition) is 1. The van der Waals surface area contributed by atoms with Crippen molar-refractivity contribution in [2.45, 2.75) is 33.2 Å². The fourth-order valence-corrected chi connectivity index (χ4v) is 2.15. The average Bonchev–Trinajstić information content (AvgIpc) is 2.32. The van der Waals surface area contributed by atoms with Crippen molar-refractivity contribution in [2.75, 3.05) is 0 Å². The van der Waals surface area contributed by atoms with Gasteiger partial charge in [-0.05, 0) is 44.4 Å². The van der Waals surface area contributed by atoms with Gasteiger partial charge in [-0.3, -0.25) is 0 Å². The zero-order chi connectivity index (χ0) is 13.1. The quantitative estimate of drug-likeness (QED) is 0.898. The van der Waals surface area contributed by atoms with Gasteiger partial charge in [0.15, 0.2) is 0 Å². The van der Waals surface area contributed by atoms with E-state index in [-0.39, 0.29) is 6.04 Å². The van der Waals surface area contributed by atoms with Gasteiger partial charge in [-0.2, -0.15) is 10.2 Å². The standard InChI is InChI=1S/C15H19N3/c1-10-5-4-6-13(7-10)9-15(16)14-8-11(2)17-18-12(14)3/h4-8,15H,9,16H2,1-3H3. The van der Waals surface area contributed by atoms with Crippen molar-refractivity contribution in [3.8, 4) is 0 Å². The smallest absolute Gasteiger partial charge is 0.0648 e. The van der Waals surface area contributed by atoms with Gasteiger partial charge >= 0.3 is 0 Å². The third-order valence-corrected chi connectivity index (χ3v) is 3.08. The van der Waals surface area contributed by atoms with Crippen LogP contribution in [0.2, 0.25) is 0 Å². The lowest BCUT2D eigenvalue weighted by Crippen LogP contribution is -2.16. The number of aromatic nitrogens is 2. The highest BCUT2D eigenvalue weighted by Gasteiger charge is 2.11. The van der Waals surface area contributed by atoms with Crippen LogP contribution in [0.4, 0.5) is 0 Å². The van der Waals surface area contributed by atoms with Crippen molar-refractivity contribution in [2.24, 2.45) is 5.73 Å². The number of benzene rings is 1. The molecule has 3 nitrogen and oxygen atoms in total. The first-order valence-electron chi connectivity index (χ1n) is 6.18. The molecule has 2 rings (SSSR count). The molecule has 0 spiro atoms. The van der Waals surface area contributed by atoms with Gasteiger partial charge in [0.05, 0.1) is 11.4 Å². The van der Waals surface area contributed by atoms with Crippen LogP contribution in [0.25, 0.3) is 0 Å². The average molecular weight is 241 g/mol. The molecule has 1 heterocycles. The van der Waals surface area contributed by atoms with Gasteiger partial charge in [0.2, 0.25) is 0 Å². The van der Waals surface area contributed by atoms with E-state index < -0.39 is 0 Å². The SMILES string of the molecule is Cc1cccc(CC(N)c2cc(C)nnc2C)c1. The first-order chi connectivity index (χ1) is 8.56. The summed E-state index contributed by atoms with van der Waals surface area (Å²) < 4.78 is 0. The summed E-state index contributed by atoms with van der Waals surface area (Å²) in [7, 11) is 0. The maximum atomic E-state index is 6.28. The Morgan fingerprint density at radius 3 is 2.61 bits per heavy atom. The highest BCUT2D eigenvalue weighted by molar-refractivity contribution is 5.28. The van der Waals surface area contributed by atoms with Crippen molar-refractivity contribution < 1.29 is 0 Å². The number of nitrogens with zero attached hydrogens (tertiary/aromatic N) is 2. The number of rotatable bonds is 3. The minimum Gasteiger partial charge on any atom is -0.324 e. The number of nitrogens with two attached hydrogens (primary N) is 1. The molecule has 3 heteroatoms. The van der Waals surface area contributed by atoms with Crippen LogP contribution in [0, 0.1) is 20.8 Å². The van der Waals surface area contributed by atoms with Crippen LogP contribution in [0.15, 0.2) is 30.3 Å². The summed E-state index contributed by atoms with van der Waals surface area (Å²) in [5.41, 5.74) is 11.7. The molecule has 0 aliphatic heterocycles. The van der Waals surface area contributed by atoms with Gasteiger partial charge in [0, 0.05) is 6.04 Å². The summed E-state index contributed by atoms with van der Waals surface area (Å²) in [6, 6.07) is 10.5. The van der Waals surface area contributed by atoms with Crippen LogP contribution >= 0.6 is 0 Å². The highest BCUT2D eigenvalue weighted by Crippen LogP contribution is 2.19. The monoisotopic (exact) mass is 241 g/mol. The maximum Gasteiger partial charge on any atom is 0.0648 e. The van der Waals surface area contributed by atoms with Gasteiger partial charge in [-0.15, -0.1) is 0 Å². The predicted molar refractivity (Wildman–Crippen MR) is 73.3 cm³/mol. The van der Waals surface area contributed by atoms with Crippen LogP contribution < -0.4 is 5.73 Å². The van der Waals surface area contributed by atoms with Crippen molar-refractivity contribution in [3.63, 3.8) is 0 Å². The van der Waals surface area contributed by atoms with E-state index in [4.69, 9.17) is 5.73 Å². The molecule has 0 saturated heterocycles. The third-order valence-electron chi connectivity index (χ3n) is 3.08. The second-order valence-electron chi connectivity index (χ2n) is 4.83. The van der Waals surface area contributed by atoms with Crippen LogP contribution in [-0.4, -0.2) is 10.2 Å². The van der Waals surface area contributed by atoms with E-state index in [1.54, 1.807) is 0 Å². The maximum absolute atomic E-state index is 6.28. The zero-order valence-corrected chi connectivity index (χ0v) is 11.1. The molecule has 0 bridgehead atoms. The molecule has 18 heavy (non-hydrogen) atoms. The Bertz CT molecular complexity index is 549. The summed E-state index contributed by atoms with van der Waals surface area (Å²) >= 11 is 0. The van der Waals surface area contributed by atoms with Crippen LogP contribution in [0.1, 0.15) is 34.1 Å². The Hall–Kier alpha value is -1.74. The lowest BCUT2D eigenvalue weighted by Gasteiger charge is -2.14. The molecule has 0 aliphatic rings. The highest BCUT2D eigenvalue weighted by atomic mass is 15.1. The first-order valence-corrected chi connectivity index (χ1v) is 6.18. The predicted octanol–water partition coefficient (Wildman–Crippen LogP) is 2.64. The molecule has 0 amide bonds. The van der Waals surface area contributed by atoms with Gasteiger partial charge < -0.3 is 5.73 Å². The second-order valence-corrected chi connectivity index (χ2v) is 4.83. The Labute approximate surface area is 108 Å². The van der Waals surface area contributed by atoms with E-state index in [0.717, 1.165) is 23.4 Å². The molecule has 1 aromatic carbocycles. The van der Waals surface area contributed by atoms with E-state index in [0.29, 0.717) is 0 Å². The molecule has 94 valence electrons. The second kappa shape index (κ2) is 5.27. The Morgan fingerprint density at radius 2 is 1.89 bits per heavy atom. The normalized spacial score (nSPS) is 12.4. The topological polar surface area (TPSA) is 51.8 Å². The molecule has 0 radical (unpaired) electrons. The summed E-state index contributed by atoms with van der Waals surface area (Å²) in [6.07, 6.45) is 0.827. The summed E-state index contributed by atoms with van der Waals surface area (Å²) in [5, 5.41) is 8.17. The Kier molecular flexibility index (Phi) is 3.72. The minimum atomic E-state index is -0.0269. The van der Waals surface area contributed by atoms with Crippen LogP contribution in [0.5, 0.6) is 0 Å². The minimum absolute atomic E-state index is 0.0269. The van der Waals surface area contributed by atoms with Gasteiger partial charge in [0.25, 0.3) is 0 Å². The summed E-state index contributed by atoms with van der Waals surface area (Å²) in [4.78, 5) is 0. The summed E-state index contributed by atoms with van der Waals surface area (Å²) in [6.45, 7) is 5.99. The fraction of sp³-hybridized carbons (Fsp3) is 0.333. The molecule has 2 N–H and O–H groups in total. The Morgan fingerprint density at radius 1 is 1.11 bits per heavy atom. The van der Waals surface area contributed by atoms with Crippen molar-refractivity contribution in [1.82, 2.24) is 10.2 Å². The zero-order valence-electron chi connectivity index (χ0n) is 11.1. The number of aryl methyl sites for hydroxylation is 3. The van der Waals surface area contributed by atoms with E-state index in [2.05, 4.69) is 41.4 Å².